The SMILES string of the molecule is CNCc1cnc(C)cc1N1CCC(C(C)(C)C)CC1. The largest absolute Gasteiger partial charge is 0.371 e. The zero-order chi connectivity index (χ0) is 14.8. The Labute approximate surface area is 123 Å². The van der Waals surface area contributed by atoms with Gasteiger partial charge in [0.15, 0.2) is 0 Å². The van der Waals surface area contributed by atoms with Gasteiger partial charge in [-0.3, -0.25) is 4.98 Å². The average molecular weight is 275 g/mol. The molecule has 2 heterocycles. The summed E-state index contributed by atoms with van der Waals surface area (Å²) >= 11 is 0. The van der Waals surface area contributed by atoms with Crippen molar-refractivity contribution in [1.29, 1.82) is 0 Å². The van der Waals surface area contributed by atoms with Gasteiger partial charge < -0.3 is 10.2 Å². The molecule has 1 aromatic rings. The monoisotopic (exact) mass is 275 g/mol. The second-order valence-corrected chi connectivity index (χ2v) is 7.11. The summed E-state index contributed by atoms with van der Waals surface area (Å²) in [5.74, 6) is 0.842. The maximum atomic E-state index is 4.44. The van der Waals surface area contributed by atoms with E-state index in [1.165, 1.54) is 37.2 Å². The predicted octanol–water partition coefficient (Wildman–Crippen LogP) is 3.37. The topological polar surface area (TPSA) is 28.2 Å². The van der Waals surface area contributed by atoms with Crippen molar-refractivity contribution in [3.8, 4) is 0 Å². The lowest BCUT2D eigenvalue weighted by Gasteiger charge is -2.40. The van der Waals surface area contributed by atoms with E-state index in [9.17, 15) is 0 Å². The number of aromatic nitrogens is 1. The molecule has 0 saturated carbocycles. The van der Waals surface area contributed by atoms with Gasteiger partial charge in [-0.15, -0.1) is 0 Å². The van der Waals surface area contributed by atoms with E-state index in [4.69, 9.17) is 0 Å². The normalized spacial score (nSPS) is 17.6. The first kappa shape index (κ1) is 15.3. The Balaban J connectivity index is 2.12. The highest BCUT2D eigenvalue weighted by Crippen LogP contribution is 2.36. The standard InChI is InChI=1S/C17H29N3/c1-13-10-16(14(11-18-5)12-19-13)20-8-6-15(7-9-20)17(2,3)4/h10,12,15,18H,6-9,11H2,1-5H3. The molecule has 0 bridgehead atoms. The molecule has 1 fully saturated rings. The number of pyridine rings is 1. The summed E-state index contributed by atoms with van der Waals surface area (Å²) in [6, 6.07) is 2.24. The Kier molecular flexibility index (Phi) is 4.69. The summed E-state index contributed by atoms with van der Waals surface area (Å²) in [4.78, 5) is 6.99. The molecule has 1 aromatic heterocycles. The lowest BCUT2D eigenvalue weighted by atomic mass is 9.75. The second-order valence-electron chi connectivity index (χ2n) is 7.11. The molecular formula is C17H29N3. The molecule has 1 aliphatic heterocycles. The van der Waals surface area contributed by atoms with Crippen LogP contribution in [0.2, 0.25) is 0 Å². The lowest BCUT2D eigenvalue weighted by Crippen LogP contribution is -2.38. The number of hydrogen-bond acceptors (Lipinski definition) is 3. The summed E-state index contributed by atoms with van der Waals surface area (Å²) < 4.78 is 0. The van der Waals surface area contributed by atoms with E-state index in [2.05, 4.69) is 49.0 Å². The van der Waals surface area contributed by atoms with Crippen molar-refractivity contribution in [2.24, 2.45) is 11.3 Å². The molecule has 1 saturated heterocycles. The van der Waals surface area contributed by atoms with E-state index >= 15 is 0 Å². The molecule has 0 unspecified atom stereocenters. The highest BCUT2D eigenvalue weighted by Gasteiger charge is 2.29. The Morgan fingerprint density at radius 3 is 2.50 bits per heavy atom. The summed E-state index contributed by atoms with van der Waals surface area (Å²) in [7, 11) is 2.00. The van der Waals surface area contributed by atoms with E-state index in [-0.39, 0.29) is 0 Å². The summed E-state index contributed by atoms with van der Waals surface area (Å²) in [5, 5.41) is 3.25. The number of piperidine rings is 1. The van der Waals surface area contributed by atoms with Gasteiger partial charge >= 0.3 is 0 Å². The zero-order valence-electron chi connectivity index (χ0n) is 13.7. The van der Waals surface area contributed by atoms with E-state index in [1.807, 2.05) is 13.2 Å². The van der Waals surface area contributed by atoms with Crippen LogP contribution in [0.15, 0.2) is 12.3 Å². The van der Waals surface area contributed by atoms with E-state index in [0.29, 0.717) is 5.41 Å². The van der Waals surface area contributed by atoms with Gasteiger partial charge in [-0.2, -0.15) is 0 Å². The summed E-state index contributed by atoms with van der Waals surface area (Å²) in [6.45, 7) is 12.4. The summed E-state index contributed by atoms with van der Waals surface area (Å²) in [5.41, 5.74) is 4.23. The third-order valence-corrected chi connectivity index (χ3v) is 4.53. The van der Waals surface area contributed by atoms with Crippen LogP contribution >= 0.6 is 0 Å². The Morgan fingerprint density at radius 1 is 1.30 bits per heavy atom. The van der Waals surface area contributed by atoms with Crippen LogP contribution in [0.1, 0.15) is 44.9 Å². The smallest absolute Gasteiger partial charge is 0.0445 e. The van der Waals surface area contributed by atoms with Gasteiger partial charge in [0.05, 0.1) is 0 Å². The Morgan fingerprint density at radius 2 is 1.95 bits per heavy atom. The van der Waals surface area contributed by atoms with Crippen LogP contribution in [0.4, 0.5) is 5.69 Å². The molecule has 1 aliphatic rings. The fourth-order valence-corrected chi connectivity index (χ4v) is 3.18. The number of anilines is 1. The van der Waals surface area contributed by atoms with Crippen LogP contribution in [0.5, 0.6) is 0 Å². The maximum Gasteiger partial charge on any atom is 0.0445 e. The molecule has 112 valence electrons. The molecule has 0 radical (unpaired) electrons. The molecule has 1 N–H and O–H groups in total. The number of hydrogen-bond donors (Lipinski definition) is 1. The quantitative estimate of drug-likeness (QED) is 0.916. The average Bonchev–Trinajstić information content (AvgIpc) is 2.40. The molecule has 0 atom stereocenters. The predicted molar refractivity (Wildman–Crippen MR) is 86.1 cm³/mol. The minimum absolute atomic E-state index is 0.439. The number of nitrogens with zero attached hydrogens (tertiary/aromatic N) is 2. The minimum Gasteiger partial charge on any atom is -0.371 e. The van der Waals surface area contributed by atoms with Crippen LogP contribution < -0.4 is 10.2 Å². The van der Waals surface area contributed by atoms with Gasteiger partial charge in [0.2, 0.25) is 0 Å². The van der Waals surface area contributed by atoms with Crippen LogP contribution in [0.25, 0.3) is 0 Å². The molecule has 0 amide bonds. The molecular weight excluding hydrogens is 246 g/mol. The van der Waals surface area contributed by atoms with Crippen molar-refractivity contribution in [2.45, 2.75) is 47.1 Å². The third-order valence-electron chi connectivity index (χ3n) is 4.53. The van der Waals surface area contributed by atoms with Gasteiger partial charge in [0.25, 0.3) is 0 Å². The minimum atomic E-state index is 0.439. The third kappa shape index (κ3) is 3.51. The van der Waals surface area contributed by atoms with Gasteiger partial charge in [-0.1, -0.05) is 20.8 Å². The van der Waals surface area contributed by atoms with E-state index < -0.39 is 0 Å². The van der Waals surface area contributed by atoms with Crippen molar-refractivity contribution in [1.82, 2.24) is 10.3 Å². The highest BCUT2D eigenvalue weighted by atomic mass is 15.1. The first-order chi connectivity index (χ1) is 9.41. The van der Waals surface area contributed by atoms with Crippen LogP contribution in [0, 0.1) is 18.3 Å². The Hall–Kier alpha value is -1.09. The van der Waals surface area contributed by atoms with Crippen molar-refractivity contribution in [3.05, 3.63) is 23.5 Å². The van der Waals surface area contributed by atoms with Crippen LogP contribution in [-0.2, 0) is 6.54 Å². The maximum absolute atomic E-state index is 4.44. The molecule has 20 heavy (non-hydrogen) atoms. The van der Waals surface area contributed by atoms with Crippen LogP contribution in [-0.4, -0.2) is 25.1 Å². The second kappa shape index (κ2) is 6.13. The number of aryl methyl sites for hydroxylation is 1. The Bertz CT molecular complexity index is 440. The van der Waals surface area contributed by atoms with E-state index in [0.717, 1.165) is 18.2 Å². The summed E-state index contributed by atoms with van der Waals surface area (Å²) in [6.07, 6.45) is 4.62. The van der Waals surface area contributed by atoms with Gasteiger partial charge in [0.1, 0.15) is 0 Å². The fraction of sp³-hybridized carbons (Fsp3) is 0.706. The highest BCUT2D eigenvalue weighted by molar-refractivity contribution is 5.54. The molecule has 0 aliphatic carbocycles. The van der Waals surface area contributed by atoms with Crippen molar-refractivity contribution in [2.75, 3.05) is 25.0 Å². The van der Waals surface area contributed by atoms with Crippen molar-refractivity contribution in [3.63, 3.8) is 0 Å². The number of nitrogens with one attached hydrogen (secondary N) is 1. The fourth-order valence-electron chi connectivity index (χ4n) is 3.18. The van der Waals surface area contributed by atoms with Crippen molar-refractivity contribution >= 4 is 5.69 Å². The van der Waals surface area contributed by atoms with Crippen LogP contribution in [0.3, 0.4) is 0 Å². The number of rotatable bonds is 3. The van der Waals surface area contributed by atoms with Gasteiger partial charge in [-0.25, -0.2) is 0 Å². The van der Waals surface area contributed by atoms with Crippen molar-refractivity contribution < 1.29 is 0 Å². The first-order valence-corrected chi connectivity index (χ1v) is 7.77. The molecule has 0 aromatic carbocycles. The molecule has 3 nitrogen and oxygen atoms in total. The first-order valence-electron chi connectivity index (χ1n) is 7.77. The van der Waals surface area contributed by atoms with Gasteiger partial charge in [0, 0.05) is 42.8 Å². The molecule has 0 spiro atoms. The van der Waals surface area contributed by atoms with Gasteiger partial charge in [-0.05, 0) is 44.2 Å². The molecule has 3 heteroatoms. The molecule has 2 rings (SSSR count). The lowest BCUT2D eigenvalue weighted by molar-refractivity contribution is 0.199. The van der Waals surface area contributed by atoms with E-state index in [1.54, 1.807) is 0 Å². The zero-order valence-corrected chi connectivity index (χ0v) is 13.7.